The van der Waals surface area contributed by atoms with Crippen LogP contribution in [-0.4, -0.2) is 20.5 Å². The fourth-order valence-electron chi connectivity index (χ4n) is 2.03. The minimum absolute atomic E-state index is 0.503. The lowest BCUT2D eigenvalue weighted by molar-refractivity contribution is -0.107. The van der Waals surface area contributed by atoms with Gasteiger partial charge in [-0.25, -0.2) is 0 Å². The minimum atomic E-state index is 0.503. The number of aryl methyl sites for hydroxylation is 1. The van der Waals surface area contributed by atoms with Crippen molar-refractivity contribution in [2.24, 2.45) is 5.92 Å². The Balaban J connectivity index is 3.10. The maximum Gasteiger partial charge on any atom is 0.122 e. The predicted octanol–water partition coefficient (Wildman–Crippen LogP) is 3.03. The van der Waals surface area contributed by atoms with Crippen LogP contribution in [0, 0.1) is 5.92 Å². The van der Waals surface area contributed by atoms with E-state index >= 15 is 0 Å². The third-order valence-electron chi connectivity index (χ3n) is 2.84. The van der Waals surface area contributed by atoms with Crippen molar-refractivity contribution in [1.82, 2.24) is 0 Å². The van der Waals surface area contributed by atoms with E-state index in [4.69, 9.17) is 9.47 Å². The zero-order valence-corrected chi connectivity index (χ0v) is 11.7. The molecule has 0 aromatic heterocycles. The molecule has 0 unspecified atom stereocenters. The number of rotatable bonds is 7. The van der Waals surface area contributed by atoms with Crippen LogP contribution in [0.5, 0.6) is 11.5 Å². The predicted molar refractivity (Wildman–Crippen MR) is 72.5 cm³/mol. The molecule has 0 aliphatic carbocycles. The van der Waals surface area contributed by atoms with Gasteiger partial charge in [0, 0.05) is 6.42 Å². The lowest BCUT2D eigenvalue weighted by Crippen LogP contribution is -2.02. The van der Waals surface area contributed by atoms with Crippen molar-refractivity contribution < 1.29 is 14.3 Å². The second kappa shape index (κ2) is 7.04. The summed E-state index contributed by atoms with van der Waals surface area (Å²) in [5.41, 5.74) is 2.17. The molecule has 1 aromatic rings. The molecule has 0 N–H and O–H groups in total. The molecule has 0 bridgehead atoms. The molecule has 0 saturated carbocycles. The Hall–Kier alpha value is -1.51. The van der Waals surface area contributed by atoms with Gasteiger partial charge < -0.3 is 14.3 Å². The normalized spacial score (nSPS) is 10.5. The van der Waals surface area contributed by atoms with Gasteiger partial charge in [-0.1, -0.05) is 13.8 Å². The summed E-state index contributed by atoms with van der Waals surface area (Å²) < 4.78 is 10.8. The molecule has 3 heteroatoms. The molecule has 1 aromatic carbocycles. The number of benzene rings is 1. The quantitative estimate of drug-likeness (QED) is 0.698. The van der Waals surface area contributed by atoms with Gasteiger partial charge in [0.25, 0.3) is 0 Å². The molecule has 18 heavy (non-hydrogen) atoms. The Bertz CT molecular complexity index is 397. The highest BCUT2D eigenvalue weighted by Gasteiger charge is 2.12. The Labute approximate surface area is 109 Å². The van der Waals surface area contributed by atoms with E-state index in [0.717, 1.165) is 35.3 Å². The summed E-state index contributed by atoms with van der Waals surface area (Å²) in [6.45, 7) is 4.35. The van der Waals surface area contributed by atoms with E-state index in [-0.39, 0.29) is 0 Å². The van der Waals surface area contributed by atoms with E-state index in [0.29, 0.717) is 18.8 Å². The topological polar surface area (TPSA) is 35.5 Å². The largest absolute Gasteiger partial charge is 0.496 e. The number of aldehydes is 1. The van der Waals surface area contributed by atoms with Gasteiger partial charge in [-0.05, 0) is 42.0 Å². The Morgan fingerprint density at radius 1 is 1.11 bits per heavy atom. The highest BCUT2D eigenvalue weighted by atomic mass is 16.5. The van der Waals surface area contributed by atoms with Gasteiger partial charge in [0.2, 0.25) is 0 Å². The number of methoxy groups -OCH3 is 2. The van der Waals surface area contributed by atoms with Crippen molar-refractivity contribution in [3.63, 3.8) is 0 Å². The zero-order valence-electron chi connectivity index (χ0n) is 11.7. The first-order chi connectivity index (χ1) is 8.62. The fraction of sp³-hybridized carbons (Fsp3) is 0.533. The van der Waals surface area contributed by atoms with Crippen molar-refractivity contribution in [1.29, 1.82) is 0 Å². The van der Waals surface area contributed by atoms with Crippen LogP contribution in [-0.2, 0) is 17.6 Å². The number of ether oxygens (including phenoxy) is 2. The molecular formula is C15H22O3. The van der Waals surface area contributed by atoms with Crippen LogP contribution in [0.3, 0.4) is 0 Å². The summed E-state index contributed by atoms with van der Waals surface area (Å²) in [5, 5.41) is 0. The molecular weight excluding hydrogens is 228 g/mol. The number of carbonyl (C=O) groups is 1. The lowest BCUT2D eigenvalue weighted by Gasteiger charge is -2.15. The van der Waals surface area contributed by atoms with Crippen molar-refractivity contribution in [2.75, 3.05) is 14.2 Å². The summed E-state index contributed by atoms with van der Waals surface area (Å²) >= 11 is 0. The SMILES string of the molecule is COc1cc(CC(C)C)c(OC)cc1CCC=O. The van der Waals surface area contributed by atoms with Gasteiger partial charge >= 0.3 is 0 Å². The van der Waals surface area contributed by atoms with Gasteiger partial charge in [-0.15, -0.1) is 0 Å². The molecule has 100 valence electrons. The maximum atomic E-state index is 10.5. The van der Waals surface area contributed by atoms with Gasteiger partial charge in [-0.3, -0.25) is 0 Å². The minimum Gasteiger partial charge on any atom is -0.496 e. The van der Waals surface area contributed by atoms with Crippen molar-refractivity contribution in [3.05, 3.63) is 23.3 Å². The second-order valence-electron chi connectivity index (χ2n) is 4.78. The van der Waals surface area contributed by atoms with Crippen LogP contribution in [0.2, 0.25) is 0 Å². The molecule has 0 spiro atoms. The lowest BCUT2D eigenvalue weighted by atomic mass is 9.98. The van der Waals surface area contributed by atoms with E-state index in [1.807, 2.05) is 12.1 Å². The highest BCUT2D eigenvalue weighted by Crippen LogP contribution is 2.31. The van der Waals surface area contributed by atoms with Crippen LogP contribution >= 0.6 is 0 Å². The Morgan fingerprint density at radius 2 is 1.67 bits per heavy atom. The monoisotopic (exact) mass is 250 g/mol. The van der Waals surface area contributed by atoms with Gasteiger partial charge in [0.15, 0.2) is 0 Å². The van der Waals surface area contributed by atoms with Gasteiger partial charge in [0.1, 0.15) is 17.8 Å². The molecule has 0 heterocycles. The van der Waals surface area contributed by atoms with Crippen LogP contribution in [0.15, 0.2) is 12.1 Å². The third-order valence-corrected chi connectivity index (χ3v) is 2.84. The molecule has 0 aliphatic rings. The average molecular weight is 250 g/mol. The first-order valence-corrected chi connectivity index (χ1v) is 6.29. The maximum absolute atomic E-state index is 10.5. The fourth-order valence-corrected chi connectivity index (χ4v) is 2.03. The number of hydrogen-bond donors (Lipinski definition) is 0. The van der Waals surface area contributed by atoms with E-state index in [9.17, 15) is 4.79 Å². The van der Waals surface area contributed by atoms with Crippen LogP contribution in [0.1, 0.15) is 31.4 Å². The van der Waals surface area contributed by atoms with Crippen molar-refractivity contribution in [2.45, 2.75) is 33.1 Å². The molecule has 0 amide bonds. The Morgan fingerprint density at radius 3 is 2.17 bits per heavy atom. The summed E-state index contributed by atoms with van der Waals surface area (Å²) in [5.74, 6) is 2.28. The summed E-state index contributed by atoms with van der Waals surface area (Å²) in [6.07, 6.45) is 3.06. The van der Waals surface area contributed by atoms with Gasteiger partial charge in [0.05, 0.1) is 14.2 Å². The van der Waals surface area contributed by atoms with Crippen molar-refractivity contribution >= 4 is 6.29 Å². The van der Waals surface area contributed by atoms with Crippen LogP contribution in [0.25, 0.3) is 0 Å². The third kappa shape index (κ3) is 3.76. The molecule has 0 aliphatic heterocycles. The van der Waals surface area contributed by atoms with Gasteiger partial charge in [-0.2, -0.15) is 0 Å². The van der Waals surface area contributed by atoms with Crippen molar-refractivity contribution in [3.8, 4) is 11.5 Å². The van der Waals surface area contributed by atoms with E-state index in [1.165, 1.54) is 0 Å². The highest BCUT2D eigenvalue weighted by molar-refractivity contribution is 5.52. The summed E-state index contributed by atoms with van der Waals surface area (Å²) in [6, 6.07) is 4.01. The van der Waals surface area contributed by atoms with E-state index in [2.05, 4.69) is 13.8 Å². The van der Waals surface area contributed by atoms with Crippen LogP contribution in [0.4, 0.5) is 0 Å². The number of hydrogen-bond acceptors (Lipinski definition) is 3. The van der Waals surface area contributed by atoms with Crippen LogP contribution < -0.4 is 9.47 Å². The first-order valence-electron chi connectivity index (χ1n) is 6.29. The smallest absolute Gasteiger partial charge is 0.122 e. The standard InChI is InChI=1S/C15H22O3/c1-11(2)8-13-10-14(17-3)12(6-5-7-16)9-15(13)18-4/h7,9-11H,5-6,8H2,1-4H3. The zero-order chi connectivity index (χ0) is 13.5. The second-order valence-corrected chi connectivity index (χ2v) is 4.78. The molecule has 1 rings (SSSR count). The molecule has 0 radical (unpaired) electrons. The summed E-state index contributed by atoms with van der Waals surface area (Å²) in [4.78, 5) is 10.5. The van der Waals surface area contributed by atoms with E-state index in [1.54, 1.807) is 14.2 Å². The first kappa shape index (κ1) is 14.6. The molecule has 0 saturated heterocycles. The summed E-state index contributed by atoms with van der Waals surface area (Å²) in [7, 11) is 3.33. The number of carbonyl (C=O) groups excluding carboxylic acids is 1. The van der Waals surface area contributed by atoms with E-state index < -0.39 is 0 Å². The molecule has 0 fully saturated rings. The Kier molecular flexibility index (Phi) is 5.69. The average Bonchev–Trinajstić information content (AvgIpc) is 2.35. The molecule has 0 atom stereocenters. The molecule has 3 nitrogen and oxygen atoms in total.